The molecule has 1 unspecified atom stereocenters. The Balaban J connectivity index is 0.00000300. The van der Waals surface area contributed by atoms with E-state index in [4.69, 9.17) is 4.99 Å². The van der Waals surface area contributed by atoms with Gasteiger partial charge in [-0.2, -0.15) is 5.10 Å². The molecular weight excluding hydrogens is 482 g/mol. The maximum absolute atomic E-state index is 14.0. The van der Waals surface area contributed by atoms with E-state index in [1.54, 1.807) is 6.07 Å². The first-order chi connectivity index (χ1) is 13.5. The van der Waals surface area contributed by atoms with Gasteiger partial charge in [0, 0.05) is 50.9 Å². The molecule has 1 saturated heterocycles. The van der Waals surface area contributed by atoms with Crippen molar-refractivity contribution in [3.05, 3.63) is 53.1 Å². The smallest absolute Gasteiger partial charge is 0.194 e. The Labute approximate surface area is 190 Å². The minimum absolute atomic E-state index is 0. The summed E-state index contributed by atoms with van der Waals surface area (Å²) in [4.78, 5) is 9.11. The zero-order chi connectivity index (χ0) is 20.1. The fraction of sp³-hybridized carbons (Fsp3) is 0.524. The molecule has 0 aliphatic carbocycles. The number of guanidine groups is 1. The molecule has 2 heterocycles. The highest BCUT2D eigenvalue weighted by Gasteiger charge is 2.26. The van der Waals surface area contributed by atoms with Crippen molar-refractivity contribution in [3.8, 4) is 0 Å². The van der Waals surface area contributed by atoms with Crippen LogP contribution in [0.3, 0.4) is 0 Å². The van der Waals surface area contributed by atoms with Crippen molar-refractivity contribution < 1.29 is 4.39 Å². The molecule has 1 atom stereocenters. The lowest BCUT2D eigenvalue weighted by Crippen LogP contribution is -2.40. The highest BCUT2D eigenvalue weighted by atomic mass is 127. The van der Waals surface area contributed by atoms with Gasteiger partial charge in [-0.3, -0.25) is 4.68 Å². The third-order valence-electron chi connectivity index (χ3n) is 5.03. The van der Waals surface area contributed by atoms with E-state index in [0.717, 1.165) is 37.6 Å². The molecule has 2 aromatic rings. The predicted molar refractivity (Wildman–Crippen MR) is 126 cm³/mol. The fourth-order valence-corrected chi connectivity index (χ4v) is 3.66. The summed E-state index contributed by atoms with van der Waals surface area (Å²) in [6.45, 7) is 5.94. The van der Waals surface area contributed by atoms with E-state index >= 15 is 0 Å². The second-order valence-electron chi connectivity index (χ2n) is 7.71. The number of benzene rings is 1. The molecule has 1 aliphatic heterocycles. The Hall–Kier alpha value is -1.68. The molecule has 0 spiro atoms. The van der Waals surface area contributed by atoms with Gasteiger partial charge >= 0.3 is 0 Å². The Kier molecular flexibility index (Phi) is 8.88. The third kappa shape index (κ3) is 6.40. The summed E-state index contributed by atoms with van der Waals surface area (Å²) in [5.74, 6) is 1.25. The Bertz CT molecular complexity index is 819. The average molecular weight is 514 g/mol. The number of aliphatic imine (C=N–C) groups is 1. The molecule has 1 aliphatic rings. The molecule has 160 valence electrons. The summed E-state index contributed by atoms with van der Waals surface area (Å²) in [7, 11) is 5.84. The van der Waals surface area contributed by atoms with Crippen molar-refractivity contribution in [2.75, 3.05) is 33.7 Å². The number of nitrogens with one attached hydrogen (secondary N) is 1. The van der Waals surface area contributed by atoms with Gasteiger partial charge in [0.25, 0.3) is 0 Å². The van der Waals surface area contributed by atoms with E-state index in [2.05, 4.69) is 28.4 Å². The van der Waals surface area contributed by atoms with Crippen LogP contribution in [0, 0.1) is 5.82 Å². The Morgan fingerprint density at radius 3 is 2.83 bits per heavy atom. The maximum atomic E-state index is 14.0. The van der Waals surface area contributed by atoms with Gasteiger partial charge in [-0.1, -0.05) is 6.07 Å². The lowest BCUT2D eigenvalue weighted by atomic mass is 10.0. The molecule has 0 amide bonds. The van der Waals surface area contributed by atoms with Crippen molar-refractivity contribution in [1.29, 1.82) is 0 Å². The first-order valence-corrected chi connectivity index (χ1v) is 9.90. The minimum atomic E-state index is -0.160. The predicted octanol–water partition coefficient (Wildman–Crippen LogP) is 3.19. The van der Waals surface area contributed by atoms with Gasteiger partial charge in [-0.05, 0) is 50.7 Å². The molecule has 0 bridgehead atoms. The number of rotatable bonds is 6. The first kappa shape index (κ1) is 23.6. The number of hydrogen-bond donors (Lipinski definition) is 1. The number of hydrogen-bond acceptors (Lipinski definition) is 3. The largest absolute Gasteiger partial charge is 0.357 e. The Morgan fingerprint density at radius 2 is 2.17 bits per heavy atom. The van der Waals surface area contributed by atoms with Crippen LogP contribution < -0.4 is 5.32 Å². The molecule has 3 rings (SSSR count). The van der Waals surface area contributed by atoms with Crippen LogP contribution in [0.1, 0.15) is 36.0 Å². The lowest BCUT2D eigenvalue weighted by Gasteiger charge is -2.21. The zero-order valence-corrected chi connectivity index (χ0v) is 20.1. The number of nitrogens with zero attached hydrogens (tertiary/aromatic N) is 5. The van der Waals surface area contributed by atoms with Gasteiger partial charge in [0.2, 0.25) is 0 Å². The third-order valence-corrected chi connectivity index (χ3v) is 5.03. The number of aromatic nitrogens is 2. The quantitative estimate of drug-likeness (QED) is 0.366. The maximum Gasteiger partial charge on any atom is 0.194 e. The number of likely N-dealkylation sites (tertiary alicyclic amines) is 1. The summed E-state index contributed by atoms with van der Waals surface area (Å²) >= 11 is 0. The van der Waals surface area contributed by atoms with E-state index in [1.165, 1.54) is 5.56 Å². The van der Waals surface area contributed by atoms with Crippen LogP contribution in [0.2, 0.25) is 0 Å². The summed E-state index contributed by atoms with van der Waals surface area (Å²) < 4.78 is 15.9. The van der Waals surface area contributed by atoms with Gasteiger partial charge in [0.1, 0.15) is 5.82 Å². The van der Waals surface area contributed by atoms with Gasteiger partial charge in [0.05, 0.1) is 12.7 Å². The van der Waals surface area contributed by atoms with Crippen molar-refractivity contribution in [2.24, 2.45) is 12.0 Å². The molecule has 1 N–H and O–H groups in total. The van der Waals surface area contributed by atoms with E-state index < -0.39 is 0 Å². The number of halogens is 2. The van der Waals surface area contributed by atoms with Crippen LogP contribution in [0.15, 0.2) is 35.6 Å². The summed E-state index contributed by atoms with van der Waals surface area (Å²) in [6.07, 6.45) is 5.16. The summed E-state index contributed by atoms with van der Waals surface area (Å²) in [5, 5.41) is 7.70. The van der Waals surface area contributed by atoms with Crippen LogP contribution in [0.25, 0.3) is 0 Å². The van der Waals surface area contributed by atoms with Crippen LogP contribution in [-0.4, -0.2) is 59.3 Å². The molecule has 29 heavy (non-hydrogen) atoms. The number of aryl methyl sites for hydroxylation is 1. The fourth-order valence-electron chi connectivity index (χ4n) is 3.66. The van der Waals surface area contributed by atoms with E-state index in [-0.39, 0.29) is 29.8 Å². The van der Waals surface area contributed by atoms with Crippen molar-refractivity contribution in [1.82, 2.24) is 24.9 Å². The second-order valence-corrected chi connectivity index (χ2v) is 7.71. The van der Waals surface area contributed by atoms with Gasteiger partial charge < -0.3 is 15.1 Å². The zero-order valence-electron chi connectivity index (χ0n) is 17.7. The monoisotopic (exact) mass is 514 g/mol. The van der Waals surface area contributed by atoms with Crippen molar-refractivity contribution in [2.45, 2.75) is 32.4 Å². The normalized spacial score (nSPS) is 17.0. The van der Waals surface area contributed by atoms with E-state index in [1.807, 2.05) is 49.1 Å². The van der Waals surface area contributed by atoms with E-state index in [9.17, 15) is 4.39 Å². The second kappa shape index (κ2) is 10.9. The van der Waals surface area contributed by atoms with Crippen LogP contribution in [-0.2, 0) is 20.1 Å². The molecular formula is C21H32FIN6. The minimum Gasteiger partial charge on any atom is -0.357 e. The summed E-state index contributed by atoms with van der Waals surface area (Å²) in [5.41, 5.74) is 3.02. The van der Waals surface area contributed by atoms with Crippen LogP contribution in [0.5, 0.6) is 0 Å². The molecule has 0 saturated carbocycles. The molecule has 6 nitrogen and oxygen atoms in total. The first-order valence-electron chi connectivity index (χ1n) is 9.90. The average Bonchev–Trinajstić information content (AvgIpc) is 3.29. The van der Waals surface area contributed by atoms with E-state index in [0.29, 0.717) is 24.6 Å². The Morgan fingerprint density at radius 1 is 1.38 bits per heavy atom. The van der Waals surface area contributed by atoms with Crippen LogP contribution in [0.4, 0.5) is 4.39 Å². The molecule has 8 heteroatoms. The van der Waals surface area contributed by atoms with Crippen LogP contribution >= 0.6 is 24.0 Å². The molecule has 1 fully saturated rings. The van der Waals surface area contributed by atoms with Gasteiger partial charge in [-0.15, -0.1) is 24.0 Å². The topological polar surface area (TPSA) is 48.7 Å². The highest BCUT2D eigenvalue weighted by molar-refractivity contribution is 14.0. The van der Waals surface area contributed by atoms with Gasteiger partial charge in [-0.25, -0.2) is 9.38 Å². The highest BCUT2D eigenvalue weighted by Crippen LogP contribution is 2.26. The summed E-state index contributed by atoms with van der Waals surface area (Å²) in [6, 6.07) is 5.29. The molecule has 1 aromatic heterocycles. The SMILES string of the molecule is CCNC(=NCc1ccc(F)c(CN(C)C)c1)N1CCC(c2cnn(C)c2)C1.I. The molecule has 0 radical (unpaired) electrons. The lowest BCUT2D eigenvalue weighted by molar-refractivity contribution is 0.392. The van der Waals surface area contributed by atoms with Gasteiger partial charge in [0.15, 0.2) is 5.96 Å². The molecule has 1 aromatic carbocycles. The van der Waals surface area contributed by atoms with Crippen molar-refractivity contribution >= 4 is 29.9 Å². The standard InChI is InChI=1S/C21H31FN6.HI/c1-5-23-21(28-9-8-17(15-28)19-12-25-27(4)14-19)24-11-16-6-7-20(22)18(10-16)13-26(2)3;/h6-7,10,12,14,17H,5,8-9,11,13,15H2,1-4H3,(H,23,24);1H. The van der Waals surface area contributed by atoms with Crippen molar-refractivity contribution in [3.63, 3.8) is 0 Å².